The van der Waals surface area contributed by atoms with Gasteiger partial charge in [-0.15, -0.1) is 0 Å². The Labute approximate surface area is 86.0 Å². The maximum absolute atomic E-state index is 11.6. The Balaban J connectivity index is 2.32. The number of ether oxygens (including phenoxy) is 1. The van der Waals surface area contributed by atoms with Crippen molar-refractivity contribution in [3.8, 4) is 0 Å². The minimum Gasteiger partial charge on any atom is -0.461 e. The minimum absolute atomic E-state index is 0.137. The van der Waals surface area contributed by atoms with Crippen molar-refractivity contribution in [1.29, 1.82) is 0 Å². The molecule has 3 heteroatoms. The van der Waals surface area contributed by atoms with Gasteiger partial charge in [-0.3, -0.25) is 4.79 Å². The molecule has 2 N–H and O–H groups in total. The Morgan fingerprint density at radius 3 is 2.57 bits per heavy atom. The van der Waals surface area contributed by atoms with Crippen LogP contribution in [-0.2, 0) is 9.53 Å². The van der Waals surface area contributed by atoms with E-state index < -0.39 is 6.04 Å². The molecule has 82 valence electrons. The van der Waals surface area contributed by atoms with Gasteiger partial charge in [0.2, 0.25) is 0 Å². The second-order valence-corrected chi connectivity index (χ2v) is 4.25. The molecule has 3 nitrogen and oxygen atoms in total. The average molecular weight is 199 g/mol. The number of esters is 1. The lowest BCUT2D eigenvalue weighted by atomic mass is 10.0. The van der Waals surface area contributed by atoms with E-state index in [0.29, 0.717) is 0 Å². The van der Waals surface area contributed by atoms with Gasteiger partial charge in [-0.1, -0.05) is 20.3 Å². The number of rotatable bonds is 4. The van der Waals surface area contributed by atoms with Crippen LogP contribution in [0.25, 0.3) is 0 Å². The number of nitrogens with two attached hydrogens (primary N) is 1. The fraction of sp³-hybridized carbons (Fsp3) is 0.909. The van der Waals surface area contributed by atoms with Gasteiger partial charge >= 0.3 is 5.97 Å². The smallest absolute Gasteiger partial charge is 0.323 e. The largest absolute Gasteiger partial charge is 0.461 e. The van der Waals surface area contributed by atoms with Crippen molar-refractivity contribution >= 4 is 5.97 Å². The Hall–Kier alpha value is -0.570. The van der Waals surface area contributed by atoms with E-state index in [1.807, 2.05) is 13.8 Å². The summed E-state index contributed by atoms with van der Waals surface area (Å²) in [5, 5.41) is 0. The van der Waals surface area contributed by atoms with Gasteiger partial charge in [0.05, 0.1) is 0 Å². The number of hydrogen-bond acceptors (Lipinski definition) is 3. The summed E-state index contributed by atoms with van der Waals surface area (Å²) < 4.78 is 5.33. The molecule has 1 saturated carbocycles. The average Bonchev–Trinajstić information content (AvgIpc) is 2.68. The zero-order chi connectivity index (χ0) is 10.6. The van der Waals surface area contributed by atoms with E-state index in [1.54, 1.807) is 0 Å². The molecule has 0 heterocycles. The Morgan fingerprint density at radius 2 is 2.07 bits per heavy atom. The number of hydrogen-bond donors (Lipinski definition) is 1. The molecular formula is C11H21NO2. The summed E-state index contributed by atoms with van der Waals surface area (Å²) in [6.45, 7) is 4.02. The van der Waals surface area contributed by atoms with Crippen LogP contribution in [0.3, 0.4) is 0 Å². The highest BCUT2D eigenvalue weighted by Gasteiger charge is 2.25. The Bertz CT molecular complexity index is 188. The molecule has 0 aromatic rings. The molecular weight excluding hydrogens is 178 g/mol. The molecule has 2 atom stereocenters. The Morgan fingerprint density at radius 1 is 1.50 bits per heavy atom. The number of carbonyl (C=O) groups is 1. The molecule has 0 aliphatic heterocycles. The monoisotopic (exact) mass is 199 g/mol. The van der Waals surface area contributed by atoms with Crippen molar-refractivity contribution in [2.45, 2.75) is 58.1 Å². The molecule has 1 aliphatic carbocycles. The van der Waals surface area contributed by atoms with E-state index in [4.69, 9.17) is 10.5 Å². The third-order valence-electron chi connectivity index (χ3n) is 3.11. The van der Waals surface area contributed by atoms with Crippen molar-refractivity contribution in [3.63, 3.8) is 0 Å². The van der Waals surface area contributed by atoms with Crippen LogP contribution in [0.1, 0.15) is 46.0 Å². The van der Waals surface area contributed by atoms with E-state index in [1.165, 1.54) is 12.8 Å². The molecule has 0 spiro atoms. The van der Waals surface area contributed by atoms with Gasteiger partial charge in [-0.05, 0) is 31.6 Å². The summed E-state index contributed by atoms with van der Waals surface area (Å²) in [6.07, 6.45) is 5.43. The normalized spacial score (nSPS) is 21.9. The highest BCUT2D eigenvalue weighted by molar-refractivity contribution is 5.76. The lowest BCUT2D eigenvalue weighted by Gasteiger charge is -2.19. The van der Waals surface area contributed by atoms with Crippen molar-refractivity contribution < 1.29 is 9.53 Å². The molecule has 0 saturated heterocycles. The van der Waals surface area contributed by atoms with Crippen LogP contribution in [0.5, 0.6) is 0 Å². The van der Waals surface area contributed by atoms with Gasteiger partial charge < -0.3 is 10.5 Å². The molecule has 0 radical (unpaired) electrons. The van der Waals surface area contributed by atoms with Gasteiger partial charge in [-0.2, -0.15) is 0 Å². The van der Waals surface area contributed by atoms with E-state index in [9.17, 15) is 4.79 Å². The van der Waals surface area contributed by atoms with Crippen LogP contribution in [0.2, 0.25) is 0 Å². The maximum Gasteiger partial charge on any atom is 0.323 e. The van der Waals surface area contributed by atoms with E-state index in [-0.39, 0.29) is 18.0 Å². The predicted molar refractivity (Wildman–Crippen MR) is 55.8 cm³/mol. The first-order valence-electron chi connectivity index (χ1n) is 5.61. The molecule has 14 heavy (non-hydrogen) atoms. The summed E-state index contributed by atoms with van der Waals surface area (Å²) in [7, 11) is 0. The summed E-state index contributed by atoms with van der Waals surface area (Å²) in [5.74, 6) is -0.00449. The van der Waals surface area contributed by atoms with Crippen molar-refractivity contribution in [2.24, 2.45) is 11.7 Å². The maximum atomic E-state index is 11.6. The first-order chi connectivity index (χ1) is 6.65. The van der Waals surface area contributed by atoms with Crippen LogP contribution in [-0.4, -0.2) is 18.1 Å². The van der Waals surface area contributed by atoms with Crippen LogP contribution >= 0.6 is 0 Å². The van der Waals surface area contributed by atoms with Crippen LogP contribution in [0.15, 0.2) is 0 Å². The second-order valence-electron chi connectivity index (χ2n) is 4.25. The lowest BCUT2D eigenvalue weighted by Crippen LogP contribution is -2.39. The molecule has 1 fully saturated rings. The lowest BCUT2D eigenvalue weighted by molar-refractivity contribution is -0.151. The van der Waals surface area contributed by atoms with E-state index in [0.717, 1.165) is 19.3 Å². The molecule has 0 aromatic carbocycles. The summed E-state index contributed by atoms with van der Waals surface area (Å²) in [6, 6.07) is -0.444. The predicted octanol–water partition coefficient (Wildman–Crippen LogP) is 1.85. The van der Waals surface area contributed by atoms with Gasteiger partial charge in [0.15, 0.2) is 0 Å². The summed E-state index contributed by atoms with van der Waals surface area (Å²) >= 11 is 0. The van der Waals surface area contributed by atoms with Crippen molar-refractivity contribution in [1.82, 2.24) is 0 Å². The fourth-order valence-electron chi connectivity index (χ4n) is 1.74. The highest BCUT2D eigenvalue weighted by atomic mass is 16.5. The highest BCUT2D eigenvalue weighted by Crippen LogP contribution is 2.21. The first-order valence-corrected chi connectivity index (χ1v) is 5.61. The van der Waals surface area contributed by atoms with E-state index >= 15 is 0 Å². The van der Waals surface area contributed by atoms with Crippen LogP contribution in [0.4, 0.5) is 0 Å². The molecule has 1 rings (SSSR count). The molecule has 0 bridgehead atoms. The zero-order valence-corrected chi connectivity index (χ0v) is 9.16. The van der Waals surface area contributed by atoms with E-state index in [2.05, 4.69) is 0 Å². The van der Waals surface area contributed by atoms with Gasteiger partial charge in [0, 0.05) is 0 Å². The van der Waals surface area contributed by atoms with Gasteiger partial charge in [0.25, 0.3) is 0 Å². The van der Waals surface area contributed by atoms with Crippen LogP contribution in [0, 0.1) is 5.92 Å². The Kier molecular flexibility index (Phi) is 4.39. The summed E-state index contributed by atoms with van der Waals surface area (Å²) in [4.78, 5) is 11.6. The zero-order valence-electron chi connectivity index (χ0n) is 9.16. The third-order valence-corrected chi connectivity index (χ3v) is 3.11. The molecule has 2 unspecified atom stereocenters. The van der Waals surface area contributed by atoms with Gasteiger partial charge in [-0.25, -0.2) is 0 Å². The second kappa shape index (κ2) is 5.35. The summed E-state index contributed by atoms with van der Waals surface area (Å²) in [5.41, 5.74) is 5.77. The molecule has 0 aromatic heterocycles. The SMILES string of the molecule is CCC(C)C(N)C(=O)OC1CCCC1. The third kappa shape index (κ3) is 2.98. The molecule has 0 amide bonds. The van der Waals surface area contributed by atoms with Crippen molar-refractivity contribution in [3.05, 3.63) is 0 Å². The molecule has 1 aliphatic rings. The quantitative estimate of drug-likeness (QED) is 0.703. The van der Waals surface area contributed by atoms with Crippen LogP contribution < -0.4 is 5.73 Å². The first kappa shape index (κ1) is 11.5. The van der Waals surface area contributed by atoms with Gasteiger partial charge in [0.1, 0.15) is 12.1 Å². The standard InChI is InChI=1S/C11H21NO2/c1-3-8(2)10(12)11(13)14-9-6-4-5-7-9/h8-10H,3-7,12H2,1-2H3. The fourth-order valence-corrected chi connectivity index (χ4v) is 1.74. The minimum atomic E-state index is -0.444. The number of carbonyl (C=O) groups excluding carboxylic acids is 1. The van der Waals surface area contributed by atoms with Crippen molar-refractivity contribution in [2.75, 3.05) is 0 Å². The topological polar surface area (TPSA) is 52.3 Å².